The third-order valence-electron chi connectivity index (χ3n) is 4.25. The van der Waals surface area contributed by atoms with Crippen LogP contribution in [-0.2, 0) is 4.74 Å². The molecule has 1 atom stereocenters. The van der Waals surface area contributed by atoms with Crippen molar-refractivity contribution in [3.05, 3.63) is 29.6 Å². The topological polar surface area (TPSA) is 38.7 Å². The van der Waals surface area contributed by atoms with Gasteiger partial charge < -0.3 is 14.6 Å². The third-order valence-corrected chi connectivity index (χ3v) is 4.25. The van der Waals surface area contributed by atoms with Crippen molar-refractivity contribution >= 4 is 0 Å². The molecule has 1 aliphatic carbocycles. The molecular weight excluding hydrogens is 271 g/mol. The zero-order valence-corrected chi connectivity index (χ0v) is 11.9. The lowest BCUT2D eigenvalue weighted by Crippen LogP contribution is -2.48. The first kappa shape index (κ1) is 14.4. The summed E-state index contributed by atoms with van der Waals surface area (Å²) in [6.07, 6.45) is 5.24. The second-order valence-electron chi connectivity index (χ2n) is 5.72. The largest absolute Gasteiger partial charge is 0.489 e. The van der Waals surface area contributed by atoms with Crippen LogP contribution in [0.4, 0.5) is 4.39 Å². The molecule has 21 heavy (non-hydrogen) atoms. The van der Waals surface area contributed by atoms with Gasteiger partial charge in [0.2, 0.25) is 0 Å². The Hall–Kier alpha value is -1.57. The maximum Gasteiger partial charge on any atom is 0.135 e. The summed E-state index contributed by atoms with van der Waals surface area (Å²) in [6, 6.07) is 4.33. The lowest BCUT2D eigenvalue weighted by atomic mass is 9.74. The normalized spacial score (nSPS) is 23.0. The molecule has 0 bridgehead atoms. The molecule has 1 saturated heterocycles. The summed E-state index contributed by atoms with van der Waals surface area (Å²) in [5, 5.41) is 8.79. The number of rotatable bonds is 2. The van der Waals surface area contributed by atoms with Crippen LogP contribution < -0.4 is 4.74 Å². The van der Waals surface area contributed by atoms with Gasteiger partial charge in [0.15, 0.2) is 0 Å². The minimum Gasteiger partial charge on any atom is -0.489 e. The van der Waals surface area contributed by atoms with Crippen molar-refractivity contribution in [1.29, 1.82) is 0 Å². The van der Waals surface area contributed by atoms with Crippen LogP contribution in [-0.4, -0.2) is 30.0 Å². The van der Waals surface area contributed by atoms with Crippen LogP contribution in [0.1, 0.15) is 37.7 Å². The molecule has 1 unspecified atom stereocenters. The molecule has 1 aromatic rings. The number of halogens is 1. The molecule has 2 aliphatic rings. The summed E-state index contributed by atoms with van der Waals surface area (Å²) in [5.41, 5.74) is 0.498. The number of aliphatic hydroxyl groups is 1. The van der Waals surface area contributed by atoms with Crippen LogP contribution in [0.2, 0.25) is 0 Å². The fraction of sp³-hybridized carbons (Fsp3) is 0.529. The SMILES string of the molecule is OCC#Cc1cc(F)ccc1OC1CCOC2(CCC2)C1. The van der Waals surface area contributed by atoms with Gasteiger partial charge in [-0.15, -0.1) is 0 Å². The number of aliphatic hydroxyl groups excluding tert-OH is 1. The Kier molecular flexibility index (Phi) is 4.14. The molecule has 0 amide bonds. The van der Waals surface area contributed by atoms with E-state index in [0.29, 0.717) is 17.9 Å². The predicted octanol–water partition coefficient (Wildman–Crippen LogP) is 2.65. The Bertz CT molecular complexity index is 569. The van der Waals surface area contributed by atoms with Crippen molar-refractivity contribution in [3.63, 3.8) is 0 Å². The molecule has 1 spiro atoms. The van der Waals surface area contributed by atoms with Gasteiger partial charge in [-0.1, -0.05) is 11.8 Å². The van der Waals surface area contributed by atoms with Gasteiger partial charge in [-0.25, -0.2) is 4.39 Å². The molecule has 3 nitrogen and oxygen atoms in total. The lowest BCUT2D eigenvalue weighted by molar-refractivity contribution is -0.153. The molecular formula is C17H19FO3. The predicted molar refractivity (Wildman–Crippen MR) is 76.5 cm³/mol. The molecule has 4 heteroatoms. The van der Waals surface area contributed by atoms with Gasteiger partial charge in [0, 0.05) is 12.8 Å². The van der Waals surface area contributed by atoms with E-state index in [1.54, 1.807) is 6.07 Å². The lowest BCUT2D eigenvalue weighted by Gasteiger charge is -2.46. The zero-order chi connectivity index (χ0) is 14.7. The van der Waals surface area contributed by atoms with E-state index >= 15 is 0 Å². The molecule has 2 fully saturated rings. The number of hydrogen-bond acceptors (Lipinski definition) is 3. The smallest absolute Gasteiger partial charge is 0.135 e. The van der Waals surface area contributed by atoms with Crippen molar-refractivity contribution in [2.24, 2.45) is 0 Å². The van der Waals surface area contributed by atoms with Crippen molar-refractivity contribution in [2.45, 2.75) is 43.8 Å². The average Bonchev–Trinajstić information content (AvgIpc) is 2.46. The first-order chi connectivity index (χ1) is 10.2. The number of ether oxygens (including phenoxy) is 2. The van der Waals surface area contributed by atoms with E-state index in [9.17, 15) is 4.39 Å². The Labute approximate surface area is 124 Å². The fourth-order valence-electron chi connectivity index (χ4n) is 3.02. The minimum absolute atomic E-state index is 0.0138. The van der Waals surface area contributed by atoms with E-state index in [2.05, 4.69) is 11.8 Å². The quantitative estimate of drug-likeness (QED) is 0.851. The highest BCUT2D eigenvalue weighted by Crippen LogP contribution is 2.43. The average molecular weight is 290 g/mol. The molecule has 1 heterocycles. The van der Waals surface area contributed by atoms with E-state index in [0.717, 1.165) is 25.7 Å². The Morgan fingerprint density at radius 2 is 2.29 bits per heavy atom. The van der Waals surface area contributed by atoms with Gasteiger partial charge in [-0.2, -0.15) is 0 Å². The van der Waals surface area contributed by atoms with Crippen molar-refractivity contribution < 1.29 is 19.0 Å². The monoisotopic (exact) mass is 290 g/mol. The van der Waals surface area contributed by atoms with Crippen LogP contribution >= 0.6 is 0 Å². The Morgan fingerprint density at radius 1 is 1.43 bits per heavy atom. The number of benzene rings is 1. The molecule has 1 N–H and O–H groups in total. The van der Waals surface area contributed by atoms with Gasteiger partial charge in [-0.05, 0) is 37.5 Å². The highest BCUT2D eigenvalue weighted by atomic mass is 19.1. The molecule has 0 aromatic heterocycles. The highest BCUT2D eigenvalue weighted by Gasteiger charge is 2.43. The van der Waals surface area contributed by atoms with E-state index in [1.165, 1.54) is 18.6 Å². The highest BCUT2D eigenvalue weighted by molar-refractivity contribution is 5.46. The molecule has 3 rings (SSSR count). The van der Waals surface area contributed by atoms with E-state index in [-0.39, 0.29) is 24.1 Å². The molecule has 1 saturated carbocycles. The van der Waals surface area contributed by atoms with Crippen LogP contribution in [0.3, 0.4) is 0 Å². The van der Waals surface area contributed by atoms with E-state index in [4.69, 9.17) is 14.6 Å². The zero-order valence-electron chi connectivity index (χ0n) is 11.9. The summed E-state index contributed by atoms with van der Waals surface area (Å²) in [6.45, 7) is 0.458. The first-order valence-electron chi connectivity index (χ1n) is 7.41. The molecule has 0 radical (unpaired) electrons. The maximum atomic E-state index is 13.3. The number of hydrogen-bond donors (Lipinski definition) is 1. The third kappa shape index (κ3) is 3.20. The maximum absolute atomic E-state index is 13.3. The molecule has 1 aliphatic heterocycles. The van der Waals surface area contributed by atoms with Gasteiger partial charge in [0.25, 0.3) is 0 Å². The van der Waals surface area contributed by atoms with Gasteiger partial charge in [-0.3, -0.25) is 0 Å². The van der Waals surface area contributed by atoms with E-state index in [1.807, 2.05) is 0 Å². The second kappa shape index (κ2) is 6.05. The standard InChI is InChI=1S/C17H19FO3/c18-14-4-5-16(13(11-14)3-1-9-19)21-15-6-10-20-17(12-15)7-2-8-17/h4-5,11,15,19H,2,6-10,12H2. The van der Waals surface area contributed by atoms with Crippen LogP contribution in [0.15, 0.2) is 18.2 Å². The van der Waals surface area contributed by atoms with Gasteiger partial charge in [0.05, 0.1) is 17.8 Å². The first-order valence-corrected chi connectivity index (χ1v) is 7.41. The van der Waals surface area contributed by atoms with Crippen molar-refractivity contribution in [1.82, 2.24) is 0 Å². The summed E-state index contributed by atoms with van der Waals surface area (Å²) in [7, 11) is 0. The Morgan fingerprint density at radius 3 is 3.00 bits per heavy atom. The summed E-state index contributed by atoms with van der Waals surface area (Å²) >= 11 is 0. The van der Waals surface area contributed by atoms with Crippen LogP contribution in [0.5, 0.6) is 5.75 Å². The van der Waals surface area contributed by atoms with Crippen LogP contribution in [0, 0.1) is 17.7 Å². The summed E-state index contributed by atoms with van der Waals surface area (Å²) in [5.74, 6) is 5.52. The summed E-state index contributed by atoms with van der Waals surface area (Å²) < 4.78 is 25.3. The van der Waals surface area contributed by atoms with Crippen molar-refractivity contribution in [2.75, 3.05) is 13.2 Å². The second-order valence-corrected chi connectivity index (χ2v) is 5.72. The van der Waals surface area contributed by atoms with Gasteiger partial charge in [0.1, 0.15) is 24.3 Å². The Balaban J connectivity index is 1.74. The molecule has 1 aromatic carbocycles. The van der Waals surface area contributed by atoms with Gasteiger partial charge >= 0.3 is 0 Å². The molecule has 112 valence electrons. The van der Waals surface area contributed by atoms with E-state index < -0.39 is 0 Å². The van der Waals surface area contributed by atoms with Crippen molar-refractivity contribution in [3.8, 4) is 17.6 Å². The minimum atomic E-state index is -0.355. The summed E-state index contributed by atoms with van der Waals surface area (Å²) in [4.78, 5) is 0. The fourth-order valence-corrected chi connectivity index (χ4v) is 3.02. The van der Waals surface area contributed by atoms with Crippen LogP contribution in [0.25, 0.3) is 0 Å².